The Kier molecular flexibility index (Phi) is 3.22. The van der Waals surface area contributed by atoms with Crippen molar-refractivity contribution >= 4 is 15.9 Å². The van der Waals surface area contributed by atoms with Gasteiger partial charge in [-0.3, -0.25) is 0 Å². The monoisotopic (exact) mass is 225 g/mol. The summed E-state index contributed by atoms with van der Waals surface area (Å²) in [5.74, 6) is -0.561. The van der Waals surface area contributed by atoms with Gasteiger partial charge in [0.1, 0.15) is 16.8 Å². The van der Waals surface area contributed by atoms with Crippen molar-refractivity contribution in [3.8, 4) is 6.07 Å². The molecular formula is C10H8FNO2S. The number of rotatable bonds is 2. The third kappa shape index (κ3) is 2.89. The van der Waals surface area contributed by atoms with E-state index in [2.05, 4.69) is 0 Å². The lowest BCUT2D eigenvalue weighted by Gasteiger charge is -1.97. The van der Waals surface area contributed by atoms with E-state index in [1.807, 2.05) is 0 Å². The summed E-state index contributed by atoms with van der Waals surface area (Å²) in [4.78, 5) is -0.451. The Hall–Kier alpha value is -1.67. The minimum atomic E-state index is -3.60. The average molecular weight is 225 g/mol. The van der Waals surface area contributed by atoms with Crippen LogP contribution in [-0.2, 0) is 9.84 Å². The van der Waals surface area contributed by atoms with Crippen molar-refractivity contribution in [3.63, 3.8) is 0 Å². The molecule has 1 aromatic rings. The second-order valence-corrected chi connectivity index (χ2v) is 4.90. The molecule has 5 heteroatoms. The van der Waals surface area contributed by atoms with Crippen LogP contribution in [0.4, 0.5) is 4.39 Å². The molecular weight excluding hydrogens is 217 g/mol. The molecule has 1 rings (SSSR count). The second-order valence-electron chi connectivity index (χ2n) is 2.91. The molecule has 78 valence electrons. The first kappa shape index (κ1) is 11.4. The van der Waals surface area contributed by atoms with Crippen molar-refractivity contribution in [1.29, 1.82) is 5.26 Å². The first-order valence-corrected chi connectivity index (χ1v) is 5.90. The SMILES string of the molecule is CS(=O)(=O)/C(C#N)=C/c1ccccc1F. The molecule has 0 aliphatic heterocycles. The predicted molar refractivity (Wildman–Crippen MR) is 54.8 cm³/mol. The molecule has 0 aliphatic rings. The van der Waals surface area contributed by atoms with Gasteiger partial charge in [0.15, 0.2) is 9.84 Å². The maximum Gasteiger partial charge on any atom is 0.185 e. The van der Waals surface area contributed by atoms with E-state index >= 15 is 0 Å². The van der Waals surface area contributed by atoms with Crippen LogP contribution < -0.4 is 0 Å². The zero-order valence-corrected chi connectivity index (χ0v) is 8.75. The van der Waals surface area contributed by atoms with Crippen LogP contribution in [0.25, 0.3) is 6.08 Å². The molecule has 0 aromatic heterocycles. The summed E-state index contributed by atoms with van der Waals surface area (Å²) >= 11 is 0. The maximum absolute atomic E-state index is 13.1. The topological polar surface area (TPSA) is 57.9 Å². The van der Waals surface area contributed by atoms with Crippen LogP contribution in [0.5, 0.6) is 0 Å². The first-order chi connectivity index (χ1) is 6.95. The first-order valence-electron chi connectivity index (χ1n) is 4.01. The van der Waals surface area contributed by atoms with Gasteiger partial charge < -0.3 is 0 Å². The Labute approximate surface area is 87.4 Å². The molecule has 0 heterocycles. The summed E-state index contributed by atoms with van der Waals surface area (Å²) in [6, 6.07) is 7.17. The van der Waals surface area contributed by atoms with Gasteiger partial charge in [-0.25, -0.2) is 12.8 Å². The van der Waals surface area contributed by atoms with Crippen molar-refractivity contribution in [3.05, 3.63) is 40.6 Å². The number of allylic oxidation sites excluding steroid dienone is 1. The Morgan fingerprint density at radius 2 is 2.07 bits per heavy atom. The van der Waals surface area contributed by atoms with Crippen LogP contribution in [0.2, 0.25) is 0 Å². The predicted octanol–water partition coefficient (Wildman–Crippen LogP) is 1.73. The van der Waals surface area contributed by atoms with Crippen molar-refractivity contribution < 1.29 is 12.8 Å². The zero-order chi connectivity index (χ0) is 11.5. The lowest BCUT2D eigenvalue weighted by Crippen LogP contribution is -1.98. The fraction of sp³-hybridized carbons (Fsp3) is 0.100. The van der Waals surface area contributed by atoms with E-state index in [1.54, 1.807) is 6.07 Å². The summed E-state index contributed by atoms with van der Waals surface area (Å²) in [6.07, 6.45) is 1.92. The largest absolute Gasteiger partial charge is 0.223 e. The van der Waals surface area contributed by atoms with Crippen molar-refractivity contribution in [1.82, 2.24) is 0 Å². The molecule has 15 heavy (non-hydrogen) atoms. The molecule has 3 nitrogen and oxygen atoms in total. The highest BCUT2D eigenvalue weighted by Gasteiger charge is 2.11. The Morgan fingerprint density at radius 1 is 1.47 bits per heavy atom. The van der Waals surface area contributed by atoms with Gasteiger partial charge in [0.2, 0.25) is 0 Å². The molecule has 0 N–H and O–H groups in total. The van der Waals surface area contributed by atoms with Gasteiger partial charge in [0.05, 0.1) is 0 Å². The zero-order valence-electron chi connectivity index (χ0n) is 7.94. The third-order valence-corrected chi connectivity index (χ3v) is 2.71. The number of nitrogens with zero attached hydrogens (tertiary/aromatic N) is 1. The molecule has 0 spiro atoms. The highest BCUT2D eigenvalue weighted by molar-refractivity contribution is 7.95. The number of sulfone groups is 1. The Bertz CT molecular complexity index is 541. The maximum atomic E-state index is 13.1. The minimum absolute atomic E-state index is 0.0828. The Balaban J connectivity index is 3.30. The molecule has 0 amide bonds. The lowest BCUT2D eigenvalue weighted by atomic mass is 10.2. The van der Waals surface area contributed by atoms with Gasteiger partial charge in [-0.2, -0.15) is 5.26 Å². The van der Waals surface area contributed by atoms with Crippen LogP contribution in [0.15, 0.2) is 29.2 Å². The van der Waals surface area contributed by atoms with Crippen LogP contribution in [0, 0.1) is 17.1 Å². The molecule has 0 unspecified atom stereocenters. The van der Waals surface area contributed by atoms with Gasteiger partial charge >= 0.3 is 0 Å². The normalized spacial score (nSPS) is 12.2. The Morgan fingerprint density at radius 3 is 2.53 bits per heavy atom. The number of nitriles is 1. The van der Waals surface area contributed by atoms with Gasteiger partial charge in [-0.15, -0.1) is 0 Å². The van der Waals surface area contributed by atoms with Gasteiger partial charge in [0, 0.05) is 11.8 Å². The van der Waals surface area contributed by atoms with Crippen LogP contribution >= 0.6 is 0 Å². The van der Waals surface area contributed by atoms with Gasteiger partial charge in [-0.05, 0) is 12.1 Å². The minimum Gasteiger partial charge on any atom is -0.223 e. The summed E-state index contributed by atoms with van der Waals surface area (Å²) in [5, 5.41) is 8.59. The quantitative estimate of drug-likeness (QED) is 0.720. The van der Waals surface area contributed by atoms with E-state index in [4.69, 9.17) is 5.26 Å². The van der Waals surface area contributed by atoms with Crippen LogP contribution in [0.3, 0.4) is 0 Å². The summed E-state index contributed by atoms with van der Waals surface area (Å²) in [7, 11) is -3.60. The number of benzene rings is 1. The second kappa shape index (κ2) is 4.24. The van der Waals surface area contributed by atoms with E-state index < -0.39 is 20.6 Å². The molecule has 1 aromatic carbocycles. The molecule has 0 aliphatic carbocycles. The molecule has 0 atom stereocenters. The molecule has 0 radical (unpaired) electrons. The standard InChI is InChI=1S/C10H8FNO2S/c1-15(13,14)9(7-12)6-8-4-2-3-5-10(8)11/h2-6H,1H3/b9-6+. The van der Waals surface area contributed by atoms with Crippen LogP contribution in [-0.4, -0.2) is 14.7 Å². The van der Waals surface area contributed by atoms with Crippen molar-refractivity contribution in [2.75, 3.05) is 6.26 Å². The van der Waals surface area contributed by atoms with Gasteiger partial charge in [-0.1, -0.05) is 18.2 Å². The summed E-state index contributed by atoms with van der Waals surface area (Å²) in [5.41, 5.74) is 0.0828. The number of hydrogen-bond acceptors (Lipinski definition) is 3. The lowest BCUT2D eigenvalue weighted by molar-refractivity contribution is 0.609. The smallest absolute Gasteiger partial charge is 0.185 e. The third-order valence-electron chi connectivity index (χ3n) is 1.70. The highest BCUT2D eigenvalue weighted by Crippen LogP contribution is 2.13. The van der Waals surface area contributed by atoms with E-state index in [0.29, 0.717) is 0 Å². The van der Waals surface area contributed by atoms with E-state index in [0.717, 1.165) is 12.3 Å². The summed E-state index contributed by atoms with van der Waals surface area (Å²) in [6.45, 7) is 0. The van der Waals surface area contributed by atoms with E-state index in [9.17, 15) is 12.8 Å². The summed E-state index contributed by atoms with van der Waals surface area (Å²) < 4.78 is 35.3. The van der Waals surface area contributed by atoms with E-state index in [-0.39, 0.29) is 5.56 Å². The highest BCUT2D eigenvalue weighted by atomic mass is 32.2. The fourth-order valence-corrected chi connectivity index (χ4v) is 1.46. The number of halogens is 1. The number of hydrogen-bond donors (Lipinski definition) is 0. The average Bonchev–Trinajstić information content (AvgIpc) is 2.14. The molecule has 0 fully saturated rings. The van der Waals surface area contributed by atoms with Crippen molar-refractivity contribution in [2.45, 2.75) is 0 Å². The molecule has 0 bridgehead atoms. The van der Waals surface area contributed by atoms with Crippen molar-refractivity contribution in [2.24, 2.45) is 0 Å². The van der Waals surface area contributed by atoms with Crippen LogP contribution in [0.1, 0.15) is 5.56 Å². The van der Waals surface area contributed by atoms with E-state index in [1.165, 1.54) is 24.3 Å². The molecule has 0 saturated carbocycles. The molecule has 0 saturated heterocycles. The van der Waals surface area contributed by atoms with Gasteiger partial charge in [0.25, 0.3) is 0 Å². The fourth-order valence-electron chi connectivity index (χ4n) is 0.956.